The lowest BCUT2D eigenvalue weighted by Gasteiger charge is -2.12. The van der Waals surface area contributed by atoms with Crippen molar-refractivity contribution < 1.29 is 14.4 Å². The van der Waals surface area contributed by atoms with Crippen molar-refractivity contribution in [2.24, 2.45) is 5.73 Å². The summed E-state index contributed by atoms with van der Waals surface area (Å²) < 4.78 is 0. The summed E-state index contributed by atoms with van der Waals surface area (Å²) in [5.41, 5.74) is 7.66. The molecule has 130 valence electrons. The molecular formula is C18H20N4O3. The van der Waals surface area contributed by atoms with Crippen molar-refractivity contribution in [3.63, 3.8) is 0 Å². The number of carbonyl (C=O) groups excluding carboxylic acids is 3. The fourth-order valence-electron chi connectivity index (χ4n) is 2.09. The van der Waals surface area contributed by atoms with Gasteiger partial charge >= 0.3 is 0 Å². The van der Waals surface area contributed by atoms with Crippen molar-refractivity contribution in [2.75, 3.05) is 23.7 Å². The molecule has 0 fully saturated rings. The molecule has 7 nitrogen and oxygen atoms in total. The van der Waals surface area contributed by atoms with Crippen molar-refractivity contribution in [3.8, 4) is 0 Å². The van der Waals surface area contributed by atoms with E-state index in [-0.39, 0.29) is 30.8 Å². The van der Waals surface area contributed by atoms with Crippen LogP contribution in [0.2, 0.25) is 0 Å². The number of carbonyl (C=O) groups is 3. The lowest BCUT2D eigenvalue weighted by atomic mass is 10.1. The van der Waals surface area contributed by atoms with Crippen molar-refractivity contribution in [1.82, 2.24) is 5.32 Å². The monoisotopic (exact) mass is 340 g/mol. The van der Waals surface area contributed by atoms with Gasteiger partial charge in [-0.1, -0.05) is 24.3 Å². The number of hydrogen-bond donors (Lipinski definition) is 4. The van der Waals surface area contributed by atoms with Crippen LogP contribution in [0.25, 0.3) is 0 Å². The van der Waals surface area contributed by atoms with Gasteiger partial charge in [0.15, 0.2) is 0 Å². The van der Waals surface area contributed by atoms with E-state index in [9.17, 15) is 14.4 Å². The minimum atomic E-state index is -0.366. The highest BCUT2D eigenvalue weighted by Crippen LogP contribution is 2.20. The second kappa shape index (κ2) is 8.60. The van der Waals surface area contributed by atoms with E-state index < -0.39 is 0 Å². The number of amides is 3. The fraction of sp³-hybridized carbons (Fsp3) is 0.167. The van der Waals surface area contributed by atoms with Crippen molar-refractivity contribution in [2.45, 2.75) is 6.92 Å². The van der Waals surface area contributed by atoms with Gasteiger partial charge in [-0.25, -0.2) is 0 Å². The first-order valence-corrected chi connectivity index (χ1v) is 7.73. The van der Waals surface area contributed by atoms with E-state index in [0.717, 1.165) is 5.56 Å². The fourth-order valence-corrected chi connectivity index (χ4v) is 2.09. The molecule has 0 saturated heterocycles. The Morgan fingerprint density at radius 1 is 0.960 bits per heavy atom. The molecular weight excluding hydrogens is 320 g/mol. The third-order valence-corrected chi connectivity index (χ3v) is 3.43. The maximum absolute atomic E-state index is 12.1. The average molecular weight is 340 g/mol. The molecule has 2 rings (SSSR count). The van der Waals surface area contributed by atoms with Gasteiger partial charge in [-0.2, -0.15) is 0 Å². The molecule has 3 amide bonds. The van der Waals surface area contributed by atoms with Crippen LogP contribution >= 0.6 is 0 Å². The molecule has 0 aliphatic carbocycles. The molecule has 0 spiro atoms. The lowest BCUT2D eigenvalue weighted by molar-refractivity contribution is -0.115. The molecule has 0 saturated carbocycles. The molecule has 7 heteroatoms. The zero-order chi connectivity index (χ0) is 18.2. The highest BCUT2D eigenvalue weighted by molar-refractivity contribution is 6.00. The van der Waals surface area contributed by atoms with Gasteiger partial charge in [0.1, 0.15) is 0 Å². The largest absolute Gasteiger partial charge is 0.343 e. The summed E-state index contributed by atoms with van der Waals surface area (Å²) in [7, 11) is 0. The lowest BCUT2D eigenvalue weighted by Crippen LogP contribution is -2.33. The molecule has 0 bridgehead atoms. The zero-order valence-electron chi connectivity index (χ0n) is 13.8. The molecule has 0 aliphatic rings. The van der Waals surface area contributed by atoms with E-state index >= 15 is 0 Å². The average Bonchev–Trinajstić information content (AvgIpc) is 2.63. The smallest absolute Gasteiger partial charge is 0.251 e. The van der Waals surface area contributed by atoms with Gasteiger partial charge in [0, 0.05) is 16.9 Å². The Labute approximate surface area is 145 Å². The molecule has 2 aromatic rings. The van der Waals surface area contributed by atoms with E-state index in [1.807, 2.05) is 13.0 Å². The van der Waals surface area contributed by atoms with Crippen LogP contribution in [0, 0.1) is 6.92 Å². The van der Waals surface area contributed by atoms with Crippen molar-refractivity contribution in [1.29, 1.82) is 0 Å². The van der Waals surface area contributed by atoms with Crippen molar-refractivity contribution in [3.05, 3.63) is 59.7 Å². The Hall–Kier alpha value is -3.19. The highest BCUT2D eigenvalue weighted by Gasteiger charge is 2.10. The van der Waals surface area contributed by atoms with Crippen LogP contribution in [0.4, 0.5) is 11.4 Å². The first-order chi connectivity index (χ1) is 12.0. The third-order valence-electron chi connectivity index (χ3n) is 3.43. The van der Waals surface area contributed by atoms with E-state index in [2.05, 4.69) is 16.0 Å². The Bertz CT molecular complexity index is 775. The Kier molecular flexibility index (Phi) is 6.25. The summed E-state index contributed by atoms with van der Waals surface area (Å²) in [5, 5.41) is 7.89. The summed E-state index contributed by atoms with van der Waals surface area (Å²) in [6, 6.07) is 13.8. The van der Waals surface area contributed by atoms with Gasteiger partial charge in [0.2, 0.25) is 11.8 Å². The molecule has 0 atom stereocenters. The number of anilines is 2. The molecule has 25 heavy (non-hydrogen) atoms. The number of aryl methyl sites for hydroxylation is 1. The standard InChI is InChI=1S/C18H20N4O3/c1-12-7-8-14(21-16(23)10-19)9-15(12)22-17(24)11-20-18(25)13-5-3-2-4-6-13/h2-9H,10-11,19H2,1H3,(H,20,25)(H,21,23)(H,22,24). The Balaban J connectivity index is 1.94. The predicted molar refractivity (Wildman–Crippen MR) is 96.3 cm³/mol. The Morgan fingerprint density at radius 2 is 1.68 bits per heavy atom. The molecule has 0 heterocycles. The van der Waals surface area contributed by atoms with Crippen LogP contribution in [0.3, 0.4) is 0 Å². The van der Waals surface area contributed by atoms with E-state index in [1.165, 1.54) is 0 Å². The molecule has 5 N–H and O–H groups in total. The van der Waals surface area contributed by atoms with Crippen LogP contribution in [0.5, 0.6) is 0 Å². The molecule has 0 aliphatic heterocycles. The van der Waals surface area contributed by atoms with Gasteiger partial charge in [-0.15, -0.1) is 0 Å². The predicted octanol–water partition coefficient (Wildman–Crippen LogP) is 1.26. The van der Waals surface area contributed by atoms with Gasteiger partial charge < -0.3 is 21.7 Å². The number of benzene rings is 2. The first-order valence-electron chi connectivity index (χ1n) is 7.73. The minimum absolute atomic E-state index is 0.124. The summed E-state index contributed by atoms with van der Waals surface area (Å²) >= 11 is 0. The molecule has 2 aromatic carbocycles. The zero-order valence-corrected chi connectivity index (χ0v) is 13.8. The maximum Gasteiger partial charge on any atom is 0.251 e. The van der Waals surface area contributed by atoms with Gasteiger partial charge in [0.05, 0.1) is 13.1 Å². The number of nitrogens with one attached hydrogen (secondary N) is 3. The van der Waals surface area contributed by atoms with E-state index in [1.54, 1.807) is 42.5 Å². The van der Waals surface area contributed by atoms with Gasteiger partial charge in [0.25, 0.3) is 5.91 Å². The summed E-state index contributed by atoms with van der Waals surface area (Å²) in [6.07, 6.45) is 0. The number of hydrogen-bond acceptors (Lipinski definition) is 4. The van der Waals surface area contributed by atoms with Crippen LogP contribution in [-0.2, 0) is 9.59 Å². The second-order valence-corrected chi connectivity index (χ2v) is 5.38. The van der Waals surface area contributed by atoms with E-state index in [4.69, 9.17) is 5.73 Å². The van der Waals surface area contributed by atoms with Crippen LogP contribution in [-0.4, -0.2) is 30.8 Å². The molecule has 0 unspecified atom stereocenters. The minimum Gasteiger partial charge on any atom is -0.343 e. The van der Waals surface area contributed by atoms with Crippen LogP contribution in [0.1, 0.15) is 15.9 Å². The number of rotatable bonds is 6. The van der Waals surface area contributed by atoms with Gasteiger partial charge in [-0.05, 0) is 36.8 Å². The normalized spacial score (nSPS) is 10.0. The Morgan fingerprint density at radius 3 is 2.36 bits per heavy atom. The third kappa shape index (κ3) is 5.43. The maximum atomic E-state index is 12.1. The summed E-state index contributed by atoms with van der Waals surface area (Å²) in [5.74, 6) is -1.01. The SMILES string of the molecule is Cc1ccc(NC(=O)CN)cc1NC(=O)CNC(=O)c1ccccc1. The molecule has 0 aromatic heterocycles. The first kappa shape index (κ1) is 18.2. The second-order valence-electron chi connectivity index (χ2n) is 5.38. The highest BCUT2D eigenvalue weighted by atomic mass is 16.2. The molecule has 0 radical (unpaired) electrons. The summed E-state index contributed by atoms with van der Waals surface area (Å²) in [4.78, 5) is 35.3. The quantitative estimate of drug-likeness (QED) is 0.634. The van der Waals surface area contributed by atoms with Crippen LogP contribution < -0.4 is 21.7 Å². The van der Waals surface area contributed by atoms with Crippen molar-refractivity contribution >= 4 is 29.1 Å². The van der Waals surface area contributed by atoms with Gasteiger partial charge in [-0.3, -0.25) is 14.4 Å². The van der Waals surface area contributed by atoms with E-state index in [0.29, 0.717) is 16.9 Å². The number of nitrogens with two attached hydrogens (primary N) is 1. The topological polar surface area (TPSA) is 113 Å². The summed E-state index contributed by atoms with van der Waals surface area (Å²) in [6.45, 7) is 1.54. The van der Waals surface area contributed by atoms with Crippen LogP contribution in [0.15, 0.2) is 48.5 Å².